The van der Waals surface area contributed by atoms with Crippen LogP contribution in [0.15, 0.2) is 23.1 Å². The Morgan fingerprint density at radius 3 is 2.67 bits per heavy atom. The lowest BCUT2D eigenvalue weighted by atomic mass is 10.2. The van der Waals surface area contributed by atoms with Crippen molar-refractivity contribution in [2.75, 3.05) is 0 Å². The summed E-state index contributed by atoms with van der Waals surface area (Å²) < 4.78 is 26.2. The molecule has 0 unspecified atom stereocenters. The number of benzene rings is 1. The second-order valence-electron chi connectivity index (χ2n) is 2.34. The molecule has 0 saturated carbocycles. The zero-order valence-electron chi connectivity index (χ0n) is 5.84. The summed E-state index contributed by atoms with van der Waals surface area (Å²) in [4.78, 5) is 0.231. The van der Waals surface area contributed by atoms with Crippen LogP contribution in [0.4, 0.5) is 8.78 Å². The molecule has 12 heavy (non-hydrogen) atoms. The molecule has 1 aromatic heterocycles. The maximum absolute atomic E-state index is 13.0. The van der Waals surface area contributed by atoms with Crippen molar-refractivity contribution in [1.82, 2.24) is 0 Å². The fourth-order valence-electron chi connectivity index (χ4n) is 1.04. The van der Waals surface area contributed by atoms with Gasteiger partial charge in [-0.15, -0.1) is 24.0 Å². The molecule has 2 aromatic rings. The van der Waals surface area contributed by atoms with Crippen LogP contribution in [-0.4, -0.2) is 0 Å². The van der Waals surface area contributed by atoms with Crippen LogP contribution >= 0.6 is 24.0 Å². The van der Waals surface area contributed by atoms with Crippen molar-refractivity contribution in [2.45, 2.75) is 4.90 Å². The summed E-state index contributed by atoms with van der Waals surface area (Å²) in [5.74, 6) is -0.392. The van der Waals surface area contributed by atoms with E-state index in [4.69, 9.17) is 0 Å². The standard InChI is InChI=1S/C8H4F2S2/c9-5-3-1-2-4-6(11)8(10)12-7(4)5/h1-3,11H. The van der Waals surface area contributed by atoms with Gasteiger partial charge in [-0.05, 0) is 6.07 Å². The van der Waals surface area contributed by atoms with E-state index >= 15 is 0 Å². The fraction of sp³-hybridized carbons (Fsp3) is 0. The van der Waals surface area contributed by atoms with E-state index in [1.807, 2.05) is 0 Å². The third-order valence-corrected chi connectivity index (χ3v) is 3.19. The van der Waals surface area contributed by atoms with Gasteiger partial charge >= 0.3 is 0 Å². The van der Waals surface area contributed by atoms with E-state index in [1.54, 1.807) is 12.1 Å². The summed E-state index contributed by atoms with van der Waals surface area (Å²) in [6, 6.07) is 4.51. The fourth-order valence-corrected chi connectivity index (χ4v) is 2.27. The Morgan fingerprint density at radius 2 is 2.00 bits per heavy atom. The second kappa shape index (κ2) is 2.71. The quantitative estimate of drug-likeness (QED) is 0.621. The largest absolute Gasteiger partial charge is 0.205 e. The van der Waals surface area contributed by atoms with Gasteiger partial charge in [0.25, 0.3) is 0 Å². The van der Waals surface area contributed by atoms with Crippen LogP contribution in [0.5, 0.6) is 0 Å². The Labute approximate surface area is 77.2 Å². The molecule has 4 heteroatoms. The first-order valence-corrected chi connectivity index (χ1v) is 4.52. The Morgan fingerprint density at radius 1 is 1.25 bits per heavy atom. The first kappa shape index (κ1) is 8.01. The van der Waals surface area contributed by atoms with Crippen molar-refractivity contribution in [3.8, 4) is 0 Å². The molecule has 0 bridgehead atoms. The normalized spacial score (nSPS) is 10.9. The van der Waals surface area contributed by atoms with Crippen molar-refractivity contribution in [3.63, 3.8) is 0 Å². The molecule has 0 N–H and O–H groups in total. The van der Waals surface area contributed by atoms with Gasteiger partial charge in [-0.2, -0.15) is 4.39 Å². The highest BCUT2D eigenvalue weighted by Gasteiger charge is 2.10. The number of rotatable bonds is 0. The highest BCUT2D eigenvalue weighted by atomic mass is 32.1. The number of halogens is 2. The Bertz CT molecular complexity index is 434. The Kier molecular flexibility index (Phi) is 1.81. The van der Waals surface area contributed by atoms with E-state index in [0.29, 0.717) is 10.1 Å². The Balaban J connectivity index is 2.95. The molecule has 0 atom stereocenters. The van der Waals surface area contributed by atoms with E-state index in [-0.39, 0.29) is 4.90 Å². The molecule has 0 aliphatic heterocycles. The van der Waals surface area contributed by atoms with Crippen LogP contribution < -0.4 is 0 Å². The van der Waals surface area contributed by atoms with Crippen LogP contribution in [-0.2, 0) is 0 Å². The summed E-state index contributed by atoms with van der Waals surface area (Å²) in [7, 11) is 0. The van der Waals surface area contributed by atoms with E-state index in [1.165, 1.54) is 6.07 Å². The SMILES string of the molecule is Fc1sc2c(F)cccc2c1S. The number of hydrogen-bond acceptors (Lipinski definition) is 2. The molecule has 0 aliphatic carbocycles. The molecule has 0 radical (unpaired) electrons. The molecule has 0 amide bonds. The summed E-state index contributed by atoms with van der Waals surface area (Å²) in [5, 5.41) is 0.110. The van der Waals surface area contributed by atoms with Gasteiger partial charge in [0, 0.05) is 5.39 Å². The average Bonchev–Trinajstić information content (AvgIpc) is 2.32. The summed E-state index contributed by atoms with van der Waals surface area (Å²) in [5.41, 5.74) is 0. The van der Waals surface area contributed by atoms with E-state index in [0.717, 1.165) is 11.3 Å². The van der Waals surface area contributed by atoms with Crippen molar-refractivity contribution < 1.29 is 8.78 Å². The van der Waals surface area contributed by atoms with Gasteiger partial charge in [-0.25, -0.2) is 4.39 Å². The summed E-state index contributed by atoms with van der Waals surface area (Å²) in [6.45, 7) is 0. The van der Waals surface area contributed by atoms with Crippen molar-refractivity contribution in [3.05, 3.63) is 29.1 Å². The highest BCUT2D eigenvalue weighted by Crippen LogP contribution is 2.33. The first-order valence-electron chi connectivity index (χ1n) is 3.25. The second-order valence-corrected chi connectivity index (χ2v) is 3.76. The van der Waals surface area contributed by atoms with Gasteiger partial charge in [0.1, 0.15) is 5.82 Å². The van der Waals surface area contributed by atoms with Crippen molar-refractivity contribution in [2.24, 2.45) is 0 Å². The Hall–Kier alpha value is -0.610. The van der Waals surface area contributed by atoms with Crippen LogP contribution in [0.2, 0.25) is 0 Å². The minimum absolute atomic E-state index is 0.231. The molecule has 0 saturated heterocycles. The van der Waals surface area contributed by atoms with Gasteiger partial charge in [0.2, 0.25) is 0 Å². The van der Waals surface area contributed by atoms with Gasteiger partial charge < -0.3 is 0 Å². The van der Waals surface area contributed by atoms with Crippen molar-refractivity contribution >= 4 is 34.1 Å². The number of thiophene rings is 1. The molecule has 1 aromatic carbocycles. The van der Waals surface area contributed by atoms with Crippen LogP contribution in [0, 0.1) is 10.9 Å². The molecule has 62 valence electrons. The first-order chi connectivity index (χ1) is 5.70. The van der Waals surface area contributed by atoms with E-state index < -0.39 is 10.9 Å². The average molecular weight is 202 g/mol. The highest BCUT2D eigenvalue weighted by molar-refractivity contribution is 7.80. The molecule has 0 spiro atoms. The predicted octanol–water partition coefficient (Wildman–Crippen LogP) is 3.47. The number of thiol groups is 1. The van der Waals surface area contributed by atoms with Crippen molar-refractivity contribution in [1.29, 1.82) is 0 Å². The third-order valence-electron chi connectivity index (χ3n) is 1.60. The van der Waals surface area contributed by atoms with Crippen LogP contribution in [0.3, 0.4) is 0 Å². The molecular formula is C8H4F2S2. The minimum Gasteiger partial charge on any atom is -0.205 e. The molecular weight excluding hydrogens is 198 g/mol. The molecule has 1 heterocycles. The lowest BCUT2D eigenvalue weighted by Gasteiger charge is -1.89. The summed E-state index contributed by atoms with van der Waals surface area (Å²) >= 11 is 4.72. The number of fused-ring (bicyclic) bond motifs is 1. The molecule has 0 aliphatic rings. The van der Waals surface area contributed by atoms with E-state index in [2.05, 4.69) is 12.6 Å². The van der Waals surface area contributed by atoms with Gasteiger partial charge in [-0.3, -0.25) is 0 Å². The molecule has 0 nitrogen and oxygen atoms in total. The van der Waals surface area contributed by atoms with Gasteiger partial charge in [0.05, 0.1) is 9.60 Å². The monoisotopic (exact) mass is 202 g/mol. The van der Waals surface area contributed by atoms with Gasteiger partial charge in [-0.1, -0.05) is 12.1 Å². The van der Waals surface area contributed by atoms with Gasteiger partial charge in [0.15, 0.2) is 5.13 Å². The third kappa shape index (κ3) is 1.03. The lowest BCUT2D eigenvalue weighted by molar-refractivity contribution is 0.636. The van der Waals surface area contributed by atoms with E-state index in [9.17, 15) is 8.78 Å². The topological polar surface area (TPSA) is 0 Å². The lowest BCUT2D eigenvalue weighted by Crippen LogP contribution is -1.71. The molecule has 2 rings (SSSR count). The maximum atomic E-state index is 13.0. The minimum atomic E-state index is -0.432. The van der Waals surface area contributed by atoms with Crippen LogP contribution in [0.1, 0.15) is 0 Å². The van der Waals surface area contributed by atoms with Crippen LogP contribution in [0.25, 0.3) is 10.1 Å². The smallest absolute Gasteiger partial charge is 0.191 e. The zero-order valence-corrected chi connectivity index (χ0v) is 7.55. The zero-order chi connectivity index (χ0) is 8.72. The maximum Gasteiger partial charge on any atom is 0.191 e. The summed E-state index contributed by atoms with van der Waals surface area (Å²) in [6.07, 6.45) is 0. The molecule has 0 fully saturated rings. The number of hydrogen-bond donors (Lipinski definition) is 1. The predicted molar refractivity (Wildman–Crippen MR) is 49.0 cm³/mol.